The summed E-state index contributed by atoms with van der Waals surface area (Å²) in [4.78, 5) is 10.5. The van der Waals surface area contributed by atoms with Crippen LogP contribution >= 0.6 is 38.5 Å². The van der Waals surface area contributed by atoms with Gasteiger partial charge in [-0.15, -0.1) is 0 Å². The van der Waals surface area contributed by atoms with Gasteiger partial charge in [-0.1, -0.05) is 22.0 Å². The Bertz CT molecular complexity index is 398. The Morgan fingerprint density at radius 3 is 2.62 bits per heavy atom. The van der Waals surface area contributed by atoms with Crippen LogP contribution in [-0.2, 0) is 4.79 Å². The van der Waals surface area contributed by atoms with E-state index in [9.17, 15) is 13.6 Å². The van der Waals surface area contributed by atoms with Gasteiger partial charge in [0, 0.05) is 9.13 Å². The van der Waals surface area contributed by atoms with E-state index in [0.717, 1.165) is 3.57 Å². The number of carbonyl (C=O) groups excluding carboxylic acids is 1. The van der Waals surface area contributed by atoms with E-state index in [4.69, 9.17) is 0 Å². The van der Waals surface area contributed by atoms with Crippen LogP contribution in [0.4, 0.5) is 8.78 Å². The van der Waals surface area contributed by atoms with Crippen molar-refractivity contribution in [2.24, 2.45) is 0 Å². The summed E-state index contributed by atoms with van der Waals surface area (Å²) in [6.45, 7) is -1.52. The van der Waals surface area contributed by atoms with Gasteiger partial charge in [-0.3, -0.25) is 4.79 Å². The first kappa shape index (κ1) is 13.8. The number of ether oxygens (including phenoxy) is 1. The molecule has 0 aliphatic heterocycles. The Balaban J connectivity index is 3.11. The zero-order chi connectivity index (χ0) is 12.3. The fraction of sp³-hybridized carbons (Fsp3) is 0.300. The minimum Gasteiger partial charge on any atom is -0.434 e. The molecule has 0 aliphatic carbocycles. The molecule has 1 aromatic rings. The molecule has 0 amide bonds. The highest BCUT2D eigenvalue weighted by atomic mass is 127. The molecule has 0 saturated carbocycles. The first-order valence-electron chi connectivity index (χ1n) is 4.30. The van der Waals surface area contributed by atoms with Crippen LogP contribution < -0.4 is 4.74 Å². The van der Waals surface area contributed by atoms with Crippen LogP contribution in [0.1, 0.15) is 17.3 Å². The number of halogens is 4. The van der Waals surface area contributed by atoms with Crippen LogP contribution in [0.5, 0.6) is 5.75 Å². The van der Waals surface area contributed by atoms with E-state index in [2.05, 4.69) is 20.7 Å². The highest BCUT2D eigenvalue weighted by Gasteiger charge is 2.19. The van der Waals surface area contributed by atoms with Crippen LogP contribution in [0, 0.1) is 3.57 Å². The Morgan fingerprint density at radius 2 is 2.12 bits per heavy atom. The summed E-state index contributed by atoms with van der Waals surface area (Å²) >= 11 is 5.12. The molecule has 0 radical (unpaired) electrons. The lowest BCUT2D eigenvalue weighted by molar-refractivity contribution is -0.116. The average molecular weight is 405 g/mol. The maximum absolute atomic E-state index is 12.2. The molecule has 0 saturated heterocycles. The molecule has 0 aliphatic rings. The van der Waals surface area contributed by atoms with E-state index in [1.54, 1.807) is 12.1 Å². The van der Waals surface area contributed by atoms with Crippen molar-refractivity contribution in [2.75, 3.05) is 0 Å². The maximum atomic E-state index is 12.2. The Labute approximate surface area is 114 Å². The van der Waals surface area contributed by atoms with Crippen LogP contribution in [-0.4, -0.2) is 12.4 Å². The third-order valence-electron chi connectivity index (χ3n) is 1.82. The van der Waals surface area contributed by atoms with Gasteiger partial charge in [-0.25, -0.2) is 0 Å². The molecule has 0 spiro atoms. The highest BCUT2D eigenvalue weighted by molar-refractivity contribution is 14.1. The van der Waals surface area contributed by atoms with E-state index in [-0.39, 0.29) is 11.5 Å². The molecule has 88 valence electrons. The molecule has 16 heavy (non-hydrogen) atoms. The van der Waals surface area contributed by atoms with Crippen LogP contribution in [0.25, 0.3) is 0 Å². The molecule has 2 nitrogen and oxygen atoms in total. The topological polar surface area (TPSA) is 26.3 Å². The molecule has 1 rings (SSSR count). The second-order valence-corrected chi connectivity index (χ2v) is 5.20. The number of hydrogen-bond acceptors (Lipinski definition) is 2. The molecule has 0 bridgehead atoms. The molecule has 1 atom stereocenters. The summed E-state index contributed by atoms with van der Waals surface area (Å²) in [5.74, 6) is -0.140. The molecule has 6 heteroatoms. The summed E-state index contributed by atoms with van der Waals surface area (Å²) in [6, 6.07) is 4.80. The zero-order valence-electron chi connectivity index (χ0n) is 8.22. The average Bonchev–Trinajstić information content (AvgIpc) is 2.15. The number of hydrogen-bond donors (Lipinski definition) is 0. The second kappa shape index (κ2) is 5.90. The quantitative estimate of drug-likeness (QED) is 0.561. The monoisotopic (exact) mass is 404 g/mol. The van der Waals surface area contributed by atoms with E-state index in [1.807, 2.05) is 22.6 Å². The Hall–Kier alpha value is -0.240. The van der Waals surface area contributed by atoms with Crippen molar-refractivity contribution >= 4 is 44.3 Å². The van der Waals surface area contributed by atoms with Crippen LogP contribution in [0.3, 0.4) is 0 Å². The fourth-order valence-electron chi connectivity index (χ4n) is 1.13. The molecule has 0 fully saturated rings. The minimum absolute atomic E-state index is 0.0268. The van der Waals surface area contributed by atoms with Crippen molar-refractivity contribution in [2.45, 2.75) is 18.4 Å². The van der Waals surface area contributed by atoms with Gasteiger partial charge in [0.2, 0.25) is 0 Å². The van der Waals surface area contributed by atoms with Crippen LogP contribution in [0.2, 0.25) is 0 Å². The lowest BCUT2D eigenvalue weighted by Gasteiger charge is -2.13. The molecule has 0 aromatic heterocycles. The molecule has 0 N–H and O–H groups in total. The van der Waals surface area contributed by atoms with Crippen LogP contribution in [0.15, 0.2) is 18.2 Å². The third-order valence-corrected chi connectivity index (χ3v) is 3.63. The lowest BCUT2D eigenvalue weighted by Crippen LogP contribution is -2.08. The van der Waals surface area contributed by atoms with E-state index in [0.29, 0.717) is 5.56 Å². The highest BCUT2D eigenvalue weighted by Crippen LogP contribution is 2.33. The fourth-order valence-corrected chi connectivity index (χ4v) is 1.98. The van der Waals surface area contributed by atoms with E-state index in [1.165, 1.54) is 13.0 Å². The SMILES string of the molecule is CC(=O)C(Br)c1ccc(I)cc1OC(F)F. The summed E-state index contributed by atoms with van der Waals surface area (Å²) in [5.41, 5.74) is 0.410. The van der Waals surface area contributed by atoms with Crippen molar-refractivity contribution in [1.29, 1.82) is 0 Å². The molecule has 1 unspecified atom stereocenters. The molecule has 0 heterocycles. The van der Waals surface area contributed by atoms with Gasteiger partial charge in [-0.05, 0) is 41.6 Å². The van der Waals surface area contributed by atoms with Gasteiger partial charge in [0.05, 0.1) is 0 Å². The Kier molecular flexibility index (Phi) is 5.10. The number of ketones is 1. The zero-order valence-corrected chi connectivity index (χ0v) is 12.0. The summed E-state index contributed by atoms with van der Waals surface area (Å²) in [7, 11) is 0. The number of Topliss-reactive ketones (excluding diaryl/α,β-unsaturated/α-hetero) is 1. The molecular weight excluding hydrogens is 397 g/mol. The first-order chi connectivity index (χ1) is 7.41. The van der Waals surface area contributed by atoms with Crippen molar-refractivity contribution in [3.8, 4) is 5.75 Å². The molecular formula is C10H8BrF2IO2. The van der Waals surface area contributed by atoms with Crippen molar-refractivity contribution in [3.63, 3.8) is 0 Å². The van der Waals surface area contributed by atoms with E-state index >= 15 is 0 Å². The van der Waals surface area contributed by atoms with Gasteiger partial charge >= 0.3 is 6.61 Å². The maximum Gasteiger partial charge on any atom is 0.387 e. The number of alkyl halides is 3. The summed E-state index contributed by atoms with van der Waals surface area (Å²) in [6.07, 6.45) is 0. The summed E-state index contributed by atoms with van der Waals surface area (Å²) in [5, 5.41) is 0. The molecule has 1 aromatic carbocycles. The predicted octanol–water partition coefficient (Wildman–Crippen LogP) is 3.92. The largest absolute Gasteiger partial charge is 0.434 e. The van der Waals surface area contributed by atoms with Gasteiger partial charge < -0.3 is 4.74 Å². The number of benzene rings is 1. The van der Waals surface area contributed by atoms with E-state index < -0.39 is 11.4 Å². The van der Waals surface area contributed by atoms with Gasteiger partial charge in [0.15, 0.2) is 0 Å². The smallest absolute Gasteiger partial charge is 0.387 e. The Morgan fingerprint density at radius 1 is 1.50 bits per heavy atom. The minimum atomic E-state index is -2.90. The van der Waals surface area contributed by atoms with Crippen molar-refractivity contribution < 1.29 is 18.3 Å². The number of rotatable bonds is 4. The lowest BCUT2D eigenvalue weighted by atomic mass is 10.1. The normalized spacial score (nSPS) is 12.6. The third kappa shape index (κ3) is 3.65. The second-order valence-electron chi connectivity index (χ2n) is 3.03. The van der Waals surface area contributed by atoms with Gasteiger partial charge in [-0.2, -0.15) is 8.78 Å². The first-order valence-corrected chi connectivity index (χ1v) is 6.30. The number of carbonyl (C=O) groups is 1. The predicted molar refractivity (Wildman–Crippen MR) is 68.1 cm³/mol. The van der Waals surface area contributed by atoms with Gasteiger partial charge in [0.25, 0.3) is 0 Å². The van der Waals surface area contributed by atoms with Crippen molar-refractivity contribution in [1.82, 2.24) is 0 Å². The summed E-state index contributed by atoms with van der Waals surface area (Å²) < 4.78 is 29.5. The standard InChI is InChI=1S/C10H8BrF2IO2/c1-5(15)9(11)7-3-2-6(14)4-8(7)16-10(12)13/h2-4,9-10H,1H3. The van der Waals surface area contributed by atoms with Gasteiger partial charge in [0.1, 0.15) is 16.4 Å². The van der Waals surface area contributed by atoms with Crippen molar-refractivity contribution in [3.05, 3.63) is 27.3 Å².